The average Bonchev–Trinajstić information content (AvgIpc) is 3.49. The average molecular weight is 498 g/mol. The Hall–Kier alpha value is -4.80. The molecule has 1 aromatic carbocycles. The van der Waals surface area contributed by atoms with Gasteiger partial charge in [-0.1, -0.05) is 24.3 Å². The molecule has 0 fully saturated rings. The first kappa shape index (κ1) is 23.9. The minimum atomic E-state index is -0.382. The maximum Gasteiger partial charge on any atom is 0.325 e. The zero-order chi connectivity index (χ0) is 25.9. The van der Waals surface area contributed by atoms with E-state index in [1.165, 1.54) is 19.4 Å². The van der Waals surface area contributed by atoms with Crippen molar-refractivity contribution in [3.05, 3.63) is 66.4 Å². The highest BCUT2D eigenvalue weighted by atomic mass is 16.5. The first-order valence-electron chi connectivity index (χ1n) is 11.8. The van der Waals surface area contributed by atoms with Gasteiger partial charge in [-0.2, -0.15) is 15.2 Å². The zero-order valence-corrected chi connectivity index (χ0v) is 20.8. The third-order valence-corrected chi connectivity index (χ3v) is 6.11. The van der Waals surface area contributed by atoms with Crippen LogP contribution in [0.2, 0.25) is 0 Å². The molecule has 11 heteroatoms. The molecule has 5 rings (SSSR count). The lowest BCUT2D eigenvalue weighted by Crippen LogP contribution is -2.19. The molecule has 0 saturated carbocycles. The number of rotatable bonds is 7. The van der Waals surface area contributed by atoms with Crippen LogP contribution in [0.5, 0.6) is 0 Å². The van der Waals surface area contributed by atoms with Crippen LogP contribution in [0.4, 0.5) is 5.95 Å². The molecule has 0 spiro atoms. The van der Waals surface area contributed by atoms with Gasteiger partial charge in [0, 0.05) is 49.4 Å². The normalized spacial score (nSPS) is 12.9. The van der Waals surface area contributed by atoms with Crippen LogP contribution in [0.15, 0.2) is 60.1 Å². The van der Waals surface area contributed by atoms with Gasteiger partial charge in [-0.15, -0.1) is 0 Å². The van der Waals surface area contributed by atoms with Crippen molar-refractivity contribution < 1.29 is 9.53 Å². The van der Waals surface area contributed by atoms with Gasteiger partial charge in [-0.05, 0) is 30.0 Å². The van der Waals surface area contributed by atoms with Crippen LogP contribution >= 0.6 is 0 Å². The van der Waals surface area contributed by atoms with E-state index < -0.39 is 0 Å². The number of hydrogen-bond donors (Lipinski definition) is 2. The predicted molar refractivity (Wildman–Crippen MR) is 140 cm³/mol. The quantitative estimate of drug-likeness (QED) is 0.225. The third kappa shape index (κ3) is 4.96. The van der Waals surface area contributed by atoms with E-state index in [9.17, 15) is 4.79 Å². The van der Waals surface area contributed by atoms with Gasteiger partial charge >= 0.3 is 5.97 Å². The van der Waals surface area contributed by atoms with E-state index >= 15 is 0 Å². The van der Waals surface area contributed by atoms with E-state index in [2.05, 4.69) is 49.4 Å². The number of carbonyl (C=O) groups excluding carboxylic acids is 1. The lowest BCUT2D eigenvalue weighted by molar-refractivity contribution is -0.139. The Labute approximate surface area is 213 Å². The molecule has 0 unspecified atom stereocenters. The summed E-state index contributed by atoms with van der Waals surface area (Å²) < 4.78 is 8.28. The number of esters is 1. The molecule has 0 aliphatic heterocycles. The van der Waals surface area contributed by atoms with Crippen LogP contribution in [-0.2, 0) is 36.5 Å². The van der Waals surface area contributed by atoms with Crippen molar-refractivity contribution in [2.75, 3.05) is 13.7 Å². The molecule has 188 valence electrons. The zero-order valence-electron chi connectivity index (χ0n) is 20.8. The number of carbonyl (C=O) groups is 1. The molecule has 0 bridgehead atoms. The molecule has 11 nitrogen and oxygen atoms in total. The molecule has 3 N–H and O–H groups in total. The van der Waals surface area contributed by atoms with Crippen LogP contribution in [-0.4, -0.2) is 55.0 Å². The Morgan fingerprint density at radius 2 is 1.95 bits per heavy atom. The van der Waals surface area contributed by atoms with Gasteiger partial charge in [0.1, 0.15) is 12.4 Å². The highest BCUT2D eigenvalue weighted by Crippen LogP contribution is 2.40. The van der Waals surface area contributed by atoms with Crippen molar-refractivity contribution in [1.29, 1.82) is 0 Å². The largest absolute Gasteiger partial charge is 0.468 e. The number of ether oxygens (including phenoxy) is 1. The fraction of sp³-hybridized carbons (Fsp3) is 0.231. The van der Waals surface area contributed by atoms with Gasteiger partial charge in [0.15, 0.2) is 0 Å². The maximum absolute atomic E-state index is 11.2. The SMILES string of the molecule is COC(=O)CN/C=C\C(N)=N/c1ncc2c(n1)-c1c(nn(C)c1-c1ccc(-c3cnn(C)c3)cc1)CC2. The van der Waals surface area contributed by atoms with E-state index in [1.54, 1.807) is 10.9 Å². The summed E-state index contributed by atoms with van der Waals surface area (Å²) in [5, 5.41) is 11.8. The van der Waals surface area contributed by atoms with Gasteiger partial charge in [-0.3, -0.25) is 14.2 Å². The number of methoxy groups -OCH3 is 1. The number of nitrogens with two attached hydrogens (primary N) is 1. The second-order valence-electron chi connectivity index (χ2n) is 8.64. The van der Waals surface area contributed by atoms with Crippen LogP contribution in [0, 0.1) is 0 Å². The Balaban J connectivity index is 1.46. The smallest absolute Gasteiger partial charge is 0.325 e. The number of nitrogens with zero attached hydrogens (tertiary/aromatic N) is 7. The summed E-state index contributed by atoms with van der Waals surface area (Å²) >= 11 is 0. The number of fused-ring (bicyclic) bond motifs is 3. The van der Waals surface area contributed by atoms with Crippen molar-refractivity contribution in [2.24, 2.45) is 24.8 Å². The molecule has 0 amide bonds. The number of benzene rings is 1. The number of nitrogens with one attached hydrogen (secondary N) is 1. The van der Waals surface area contributed by atoms with Crippen molar-refractivity contribution in [1.82, 2.24) is 34.8 Å². The number of aromatic nitrogens is 6. The summed E-state index contributed by atoms with van der Waals surface area (Å²) in [6.45, 7) is 0.0331. The van der Waals surface area contributed by atoms with E-state index in [1.807, 2.05) is 31.2 Å². The minimum Gasteiger partial charge on any atom is -0.468 e. The van der Waals surface area contributed by atoms with Gasteiger partial charge in [0.25, 0.3) is 5.95 Å². The lowest BCUT2D eigenvalue weighted by Gasteiger charge is -2.16. The summed E-state index contributed by atoms with van der Waals surface area (Å²) in [5.74, 6) is 0.0715. The molecule has 0 atom stereocenters. The van der Waals surface area contributed by atoms with Crippen molar-refractivity contribution in [3.63, 3.8) is 0 Å². The molecular weight excluding hydrogens is 470 g/mol. The second kappa shape index (κ2) is 10.1. The number of aryl methyl sites for hydroxylation is 4. The summed E-state index contributed by atoms with van der Waals surface area (Å²) in [6, 6.07) is 8.37. The highest BCUT2D eigenvalue weighted by Gasteiger charge is 2.27. The van der Waals surface area contributed by atoms with Gasteiger partial charge in [-0.25, -0.2) is 9.97 Å². The van der Waals surface area contributed by atoms with E-state index in [0.29, 0.717) is 0 Å². The topological polar surface area (TPSA) is 138 Å². The van der Waals surface area contributed by atoms with Crippen molar-refractivity contribution >= 4 is 17.8 Å². The molecule has 0 saturated heterocycles. The number of hydrogen-bond acceptors (Lipinski definition) is 8. The molecule has 1 aliphatic carbocycles. The highest BCUT2D eigenvalue weighted by molar-refractivity contribution is 5.93. The first-order chi connectivity index (χ1) is 17.9. The van der Waals surface area contributed by atoms with Gasteiger partial charge < -0.3 is 15.8 Å². The minimum absolute atomic E-state index is 0.0331. The summed E-state index contributed by atoms with van der Waals surface area (Å²) in [6.07, 6.45) is 10.3. The Morgan fingerprint density at radius 3 is 2.68 bits per heavy atom. The second-order valence-corrected chi connectivity index (χ2v) is 8.64. The van der Waals surface area contributed by atoms with E-state index in [0.717, 1.165) is 57.7 Å². The first-order valence-corrected chi connectivity index (χ1v) is 11.8. The third-order valence-electron chi connectivity index (χ3n) is 6.11. The maximum atomic E-state index is 11.2. The van der Waals surface area contributed by atoms with E-state index in [-0.39, 0.29) is 24.3 Å². The molecule has 37 heavy (non-hydrogen) atoms. The van der Waals surface area contributed by atoms with Crippen molar-refractivity contribution in [3.8, 4) is 33.6 Å². The molecule has 3 heterocycles. The Kier molecular flexibility index (Phi) is 6.50. The summed E-state index contributed by atoms with van der Waals surface area (Å²) in [4.78, 5) is 24.7. The van der Waals surface area contributed by atoms with Crippen LogP contribution in [0.25, 0.3) is 33.6 Å². The van der Waals surface area contributed by atoms with Crippen LogP contribution in [0.1, 0.15) is 11.3 Å². The molecule has 1 aliphatic rings. The molecule has 3 aromatic heterocycles. The lowest BCUT2D eigenvalue weighted by atomic mass is 9.91. The van der Waals surface area contributed by atoms with Gasteiger partial charge in [0.05, 0.1) is 30.4 Å². The van der Waals surface area contributed by atoms with E-state index in [4.69, 9.17) is 15.8 Å². The predicted octanol–water partition coefficient (Wildman–Crippen LogP) is 2.31. The fourth-order valence-electron chi connectivity index (χ4n) is 4.34. The van der Waals surface area contributed by atoms with Crippen molar-refractivity contribution in [2.45, 2.75) is 12.8 Å². The fourth-order valence-corrected chi connectivity index (χ4v) is 4.34. The van der Waals surface area contributed by atoms with Gasteiger partial charge in [0.2, 0.25) is 0 Å². The molecule has 0 radical (unpaired) electrons. The van der Waals surface area contributed by atoms with Crippen LogP contribution < -0.4 is 11.1 Å². The monoisotopic (exact) mass is 497 g/mol. The Bertz CT molecular complexity index is 1510. The van der Waals surface area contributed by atoms with Crippen LogP contribution in [0.3, 0.4) is 0 Å². The number of aliphatic imine (C=N–C) groups is 1. The standard InChI is InChI=1S/C26H27N9O2/c1-34-15-19(13-30-34)16-4-6-17(7-5-16)25-23-20(33-35(25)2)9-8-18-12-29-26(32-24(18)23)31-21(27)10-11-28-14-22(36)37-3/h4-7,10-13,15,28H,8-9,14H2,1-3H3,(H2,27,29,31,32)/b11-10-. The summed E-state index contributed by atoms with van der Waals surface area (Å²) in [7, 11) is 5.18. The Morgan fingerprint density at radius 1 is 1.16 bits per heavy atom. The summed E-state index contributed by atoms with van der Waals surface area (Å²) in [5.41, 5.74) is 14.1. The molecular formula is C26H27N9O2. The molecule has 4 aromatic rings. The number of amidine groups is 1.